The van der Waals surface area contributed by atoms with E-state index in [0.29, 0.717) is 34.7 Å². The van der Waals surface area contributed by atoms with Crippen molar-refractivity contribution in [3.05, 3.63) is 82.9 Å². The normalized spacial score (nSPS) is 10.7. The van der Waals surface area contributed by atoms with Crippen molar-refractivity contribution in [2.75, 3.05) is 12.4 Å². The van der Waals surface area contributed by atoms with Crippen molar-refractivity contribution in [3.63, 3.8) is 0 Å². The molecular formula is C26H27N5O3. The van der Waals surface area contributed by atoms with Crippen LogP contribution in [0.3, 0.4) is 0 Å². The number of rotatable bonds is 7. The molecule has 0 radical (unpaired) electrons. The van der Waals surface area contributed by atoms with Gasteiger partial charge in [-0.15, -0.1) is 0 Å². The fraction of sp³-hybridized carbons (Fsp3) is 0.231. The molecule has 2 heterocycles. The highest BCUT2D eigenvalue weighted by atomic mass is 16.5. The number of carbonyl (C=O) groups is 1. The number of aryl methyl sites for hydroxylation is 2. The van der Waals surface area contributed by atoms with Crippen LogP contribution in [0.1, 0.15) is 28.3 Å². The number of carbonyl (C=O) groups excluding carboxylic acids is 1. The zero-order valence-corrected chi connectivity index (χ0v) is 19.9. The van der Waals surface area contributed by atoms with Gasteiger partial charge in [0.1, 0.15) is 17.3 Å². The Hall–Kier alpha value is -4.20. The highest BCUT2D eigenvalue weighted by Gasteiger charge is 2.13. The van der Waals surface area contributed by atoms with Gasteiger partial charge in [-0.05, 0) is 63.6 Å². The first-order valence-corrected chi connectivity index (χ1v) is 10.9. The molecule has 8 nitrogen and oxygen atoms in total. The van der Waals surface area contributed by atoms with E-state index in [2.05, 4.69) is 20.4 Å². The molecule has 0 aliphatic carbocycles. The predicted molar refractivity (Wildman–Crippen MR) is 130 cm³/mol. The second-order valence-corrected chi connectivity index (χ2v) is 7.98. The van der Waals surface area contributed by atoms with Crippen molar-refractivity contribution in [2.45, 2.75) is 34.1 Å². The summed E-state index contributed by atoms with van der Waals surface area (Å²) in [6, 6.07) is 16.4. The highest BCUT2D eigenvalue weighted by molar-refractivity contribution is 5.92. The maximum absolute atomic E-state index is 12.5. The van der Waals surface area contributed by atoms with Crippen LogP contribution < -0.4 is 14.8 Å². The van der Waals surface area contributed by atoms with Gasteiger partial charge in [-0.2, -0.15) is 10.1 Å². The van der Waals surface area contributed by atoms with Crippen molar-refractivity contribution in [1.29, 1.82) is 0 Å². The molecule has 0 aliphatic rings. The zero-order chi connectivity index (χ0) is 24.2. The third-order valence-corrected chi connectivity index (χ3v) is 5.58. The van der Waals surface area contributed by atoms with Crippen LogP contribution in [-0.2, 0) is 11.2 Å². The number of hydrogen-bond donors (Lipinski definition) is 1. The average Bonchev–Trinajstić information content (AvgIpc) is 3.07. The summed E-state index contributed by atoms with van der Waals surface area (Å²) in [4.78, 5) is 21.4. The van der Waals surface area contributed by atoms with Gasteiger partial charge < -0.3 is 14.8 Å². The molecule has 4 rings (SSSR count). The minimum atomic E-state index is -0.130. The molecule has 2 aromatic heterocycles. The largest absolute Gasteiger partial charge is 0.496 e. The van der Waals surface area contributed by atoms with Crippen LogP contribution in [0.25, 0.3) is 5.82 Å². The van der Waals surface area contributed by atoms with Gasteiger partial charge in [0.05, 0.1) is 19.2 Å². The summed E-state index contributed by atoms with van der Waals surface area (Å²) in [5.74, 6) is 2.80. The number of ether oxygens (including phenoxy) is 2. The van der Waals surface area contributed by atoms with E-state index >= 15 is 0 Å². The molecule has 174 valence electrons. The van der Waals surface area contributed by atoms with Gasteiger partial charge in [0, 0.05) is 23.0 Å². The Bertz CT molecular complexity index is 1330. The van der Waals surface area contributed by atoms with Gasteiger partial charge in [0.25, 0.3) is 0 Å². The smallest absolute Gasteiger partial charge is 0.228 e. The van der Waals surface area contributed by atoms with Gasteiger partial charge in [-0.1, -0.05) is 18.2 Å². The fourth-order valence-corrected chi connectivity index (χ4v) is 3.58. The van der Waals surface area contributed by atoms with Crippen molar-refractivity contribution in [3.8, 4) is 23.2 Å². The lowest BCUT2D eigenvalue weighted by molar-refractivity contribution is -0.115. The number of aromatic nitrogens is 4. The van der Waals surface area contributed by atoms with Crippen molar-refractivity contribution >= 4 is 11.6 Å². The number of anilines is 1. The standard InChI is InChI=1S/C26H27N5O3/c1-16-17(2)30-31(18(16)3)24-15-26(28-19(4)27-24)34-22-12-10-21(11-13-22)29-25(32)14-20-8-6-7-9-23(20)33-5/h6-13,15H,14H2,1-5H3,(H,29,32). The van der Waals surface area contributed by atoms with E-state index in [9.17, 15) is 4.79 Å². The molecule has 0 saturated carbocycles. The minimum Gasteiger partial charge on any atom is -0.496 e. The fourth-order valence-electron chi connectivity index (χ4n) is 3.58. The Morgan fingerprint density at radius 3 is 2.41 bits per heavy atom. The topological polar surface area (TPSA) is 91.2 Å². The number of benzene rings is 2. The monoisotopic (exact) mass is 457 g/mol. The minimum absolute atomic E-state index is 0.130. The number of hydrogen-bond acceptors (Lipinski definition) is 6. The molecule has 2 aromatic carbocycles. The van der Waals surface area contributed by atoms with Gasteiger partial charge in [0.15, 0.2) is 5.82 Å². The van der Waals surface area contributed by atoms with Crippen LogP contribution in [0.15, 0.2) is 54.6 Å². The molecular weight excluding hydrogens is 430 g/mol. The summed E-state index contributed by atoms with van der Waals surface area (Å²) in [7, 11) is 1.59. The number of amides is 1. The Balaban J connectivity index is 1.45. The van der Waals surface area contributed by atoms with Crippen LogP contribution in [0.4, 0.5) is 5.69 Å². The highest BCUT2D eigenvalue weighted by Crippen LogP contribution is 2.25. The first kappa shape index (κ1) is 23.0. The van der Waals surface area contributed by atoms with Crippen LogP contribution in [0, 0.1) is 27.7 Å². The van der Waals surface area contributed by atoms with E-state index in [4.69, 9.17) is 9.47 Å². The third-order valence-electron chi connectivity index (χ3n) is 5.58. The Kier molecular flexibility index (Phi) is 6.58. The summed E-state index contributed by atoms with van der Waals surface area (Å²) >= 11 is 0. The van der Waals surface area contributed by atoms with Crippen LogP contribution in [0.2, 0.25) is 0 Å². The molecule has 34 heavy (non-hydrogen) atoms. The van der Waals surface area contributed by atoms with Gasteiger partial charge >= 0.3 is 0 Å². The van der Waals surface area contributed by atoms with Gasteiger partial charge in [-0.25, -0.2) is 9.67 Å². The maximum atomic E-state index is 12.5. The number of para-hydroxylation sites is 1. The summed E-state index contributed by atoms with van der Waals surface area (Å²) < 4.78 is 13.1. The average molecular weight is 458 g/mol. The number of nitrogens with one attached hydrogen (secondary N) is 1. The van der Waals surface area contributed by atoms with Crippen molar-refractivity contribution in [2.24, 2.45) is 0 Å². The van der Waals surface area contributed by atoms with E-state index < -0.39 is 0 Å². The van der Waals surface area contributed by atoms with E-state index in [-0.39, 0.29) is 12.3 Å². The SMILES string of the molecule is COc1ccccc1CC(=O)Nc1ccc(Oc2cc(-n3nc(C)c(C)c3C)nc(C)n2)cc1. The Labute approximate surface area is 198 Å². The number of nitrogens with zero attached hydrogens (tertiary/aromatic N) is 4. The van der Waals surface area contributed by atoms with E-state index in [1.54, 1.807) is 42.1 Å². The Morgan fingerprint density at radius 1 is 1.00 bits per heavy atom. The summed E-state index contributed by atoms with van der Waals surface area (Å²) in [5, 5.41) is 7.47. The molecule has 8 heteroatoms. The molecule has 0 atom stereocenters. The van der Waals surface area contributed by atoms with Crippen molar-refractivity contribution in [1.82, 2.24) is 19.7 Å². The molecule has 1 N–H and O–H groups in total. The lowest BCUT2D eigenvalue weighted by Crippen LogP contribution is -2.14. The lowest BCUT2D eigenvalue weighted by Gasteiger charge is -2.11. The van der Waals surface area contributed by atoms with E-state index in [1.165, 1.54) is 0 Å². The molecule has 1 amide bonds. The van der Waals surface area contributed by atoms with Crippen LogP contribution in [0.5, 0.6) is 17.4 Å². The third kappa shape index (κ3) is 5.06. The molecule has 0 spiro atoms. The molecule has 0 unspecified atom stereocenters. The van der Waals surface area contributed by atoms with E-state index in [1.807, 2.05) is 52.0 Å². The predicted octanol–water partition coefficient (Wildman–Crippen LogP) is 4.88. The zero-order valence-electron chi connectivity index (χ0n) is 19.9. The first-order chi connectivity index (χ1) is 16.3. The van der Waals surface area contributed by atoms with Crippen LogP contribution >= 0.6 is 0 Å². The summed E-state index contributed by atoms with van der Waals surface area (Å²) in [6.45, 7) is 7.83. The first-order valence-electron chi connectivity index (χ1n) is 10.9. The maximum Gasteiger partial charge on any atom is 0.228 e. The lowest BCUT2D eigenvalue weighted by atomic mass is 10.1. The molecule has 4 aromatic rings. The van der Waals surface area contributed by atoms with Gasteiger partial charge in [-0.3, -0.25) is 4.79 Å². The second-order valence-electron chi connectivity index (χ2n) is 7.98. The summed E-state index contributed by atoms with van der Waals surface area (Å²) in [6.07, 6.45) is 0.219. The van der Waals surface area contributed by atoms with E-state index in [0.717, 1.165) is 22.5 Å². The van der Waals surface area contributed by atoms with Crippen LogP contribution in [-0.4, -0.2) is 32.8 Å². The second kappa shape index (κ2) is 9.74. The van der Waals surface area contributed by atoms with Crippen molar-refractivity contribution < 1.29 is 14.3 Å². The summed E-state index contributed by atoms with van der Waals surface area (Å²) in [5.41, 5.74) is 4.61. The Morgan fingerprint density at radius 2 is 1.74 bits per heavy atom. The quantitative estimate of drug-likeness (QED) is 0.425. The molecule has 0 fully saturated rings. The molecule has 0 bridgehead atoms. The molecule has 0 saturated heterocycles. The number of methoxy groups -OCH3 is 1. The molecule has 0 aliphatic heterocycles. The van der Waals surface area contributed by atoms with Gasteiger partial charge in [0.2, 0.25) is 11.8 Å².